The Balaban J connectivity index is 1.39. The van der Waals surface area contributed by atoms with Crippen molar-refractivity contribution in [1.29, 1.82) is 0 Å². The largest absolute Gasteiger partial charge is 0.334 e. The van der Waals surface area contributed by atoms with Crippen LogP contribution in [0.4, 0.5) is 4.79 Å². The number of halogens is 2. The summed E-state index contributed by atoms with van der Waals surface area (Å²) in [6.07, 6.45) is 0.533. The number of hydrogen-bond acceptors (Lipinski definition) is 3. The first-order valence-corrected chi connectivity index (χ1v) is 12.7. The maximum Gasteiger partial charge on any atom is 0.315 e. The maximum absolute atomic E-state index is 13.0. The minimum atomic E-state index is -0.439. The van der Waals surface area contributed by atoms with Crippen molar-refractivity contribution in [2.45, 2.75) is 32.9 Å². The van der Waals surface area contributed by atoms with Gasteiger partial charge in [0.05, 0.1) is 11.6 Å². The van der Waals surface area contributed by atoms with Crippen LogP contribution in [0.1, 0.15) is 34.3 Å². The molecule has 2 heterocycles. The number of nitrogens with one attached hydrogen (secondary N) is 4. The van der Waals surface area contributed by atoms with Crippen LogP contribution in [-0.2, 0) is 13.0 Å². The van der Waals surface area contributed by atoms with E-state index in [1.807, 2.05) is 80.6 Å². The van der Waals surface area contributed by atoms with Crippen molar-refractivity contribution in [2.24, 2.45) is 0 Å². The predicted molar refractivity (Wildman–Crippen MR) is 148 cm³/mol. The van der Waals surface area contributed by atoms with Gasteiger partial charge in [0.1, 0.15) is 16.7 Å². The van der Waals surface area contributed by atoms with Crippen LogP contribution in [0.25, 0.3) is 22.2 Å². The second kappa shape index (κ2) is 10.7. The fraction of sp³-hybridized carbons (Fsp3) is 0.179. The van der Waals surface area contributed by atoms with Crippen LogP contribution in [0, 0.1) is 13.8 Å². The lowest BCUT2D eigenvalue weighted by Gasteiger charge is -2.18. The van der Waals surface area contributed by atoms with Crippen molar-refractivity contribution in [3.8, 4) is 11.3 Å². The third kappa shape index (κ3) is 5.63. The van der Waals surface area contributed by atoms with Gasteiger partial charge in [0, 0.05) is 28.2 Å². The number of imidazole rings is 1. The fourth-order valence-corrected chi connectivity index (χ4v) is 4.74. The van der Waals surface area contributed by atoms with Gasteiger partial charge >= 0.3 is 6.03 Å². The number of H-pyrrole nitrogens is 2. The number of hydrogen-bond donors (Lipinski definition) is 4. The Labute approximate surface area is 224 Å². The molecule has 1 atom stereocenters. The summed E-state index contributed by atoms with van der Waals surface area (Å²) >= 11 is 12.7. The van der Waals surface area contributed by atoms with E-state index in [0.717, 1.165) is 38.9 Å². The molecule has 3 aromatic carbocycles. The maximum atomic E-state index is 13.0. The van der Waals surface area contributed by atoms with Gasteiger partial charge in [0.15, 0.2) is 0 Å². The molecule has 7 nitrogen and oxygen atoms in total. The predicted octanol–water partition coefficient (Wildman–Crippen LogP) is 6.66. The van der Waals surface area contributed by atoms with E-state index in [4.69, 9.17) is 28.2 Å². The van der Waals surface area contributed by atoms with E-state index >= 15 is 0 Å². The van der Waals surface area contributed by atoms with Gasteiger partial charge in [-0.05, 0) is 55.2 Å². The third-order valence-electron chi connectivity index (χ3n) is 6.37. The van der Waals surface area contributed by atoms with Crippen LogP contribution in [0.2, 0.25) is 10.2 Å². The van der Waals surface area contributed by atoms with E-state index in [1.165, 1.54) is 0 Å². The van der Waals surface area contributed by atoms with E-state index < -0.39 is 6.04 Å². The van der Waals surface area contributed by atoms with Crippen LogP contribution >= 0.6 is 23.2 Å². The molecule has 37 heavy (non-hydrogen) atoms. The second-order valence-corrected chi connectivity index (χ2v) is 9.82. The number of aryl methyl sites for hydroxylation is 2. The number of aromatic nitrogens is 4. The molecule has 0 aliphatic rings. The zero-order chi connectivity index (χ0) is 25.9. The van der Waals surface area contributed by atoms with Crippen molar-refractivity contribution >= 4 is 40.1 Å². The Morgan fingerprint density at radius 3 is 2.65 bits per heavy atom. The Kier molecular flexibility index (Phi) is 7.17. The summed E-state index contributed by atoms with van der Waals surface area (Å²) in [5.41, 5.74) is 6.35. The summed E-state index contributed by atoms with van der Waals surface area (Å²) < 4.78 is 0. The zero-order valence-corrected chi connectivity index (χ0v) is 21.9. The van der Waals surface area contributed by atoms with E-state index in [1.54, 1.807) is 0 Å². The number of fused-ring (bicyclic) bond motifs is 1. The molecule has 5 aromatic rings. The molecule has 0 unspecified atom stereocenters. The number of carbonyl (C=O) groups excluding carboxylic acids is 1. The third-order valence-corrected chi connectivity index (χ3v) is 6.87. The molecule has 5 rings (SSSR count). The monoisotopic (exact) mass is 532 g/mol. The van der Waals surface area contributed by atoms with Crippen LogP contribution in [0.3, 0.4) is 0 Å². The summed E-state index contributed by atoms with van der Waals surface area (Å²) in [6.45, 7) is 4.31. The SMILES string of the molecule is Cc1ccc(Cl)cc1CNC(=O)N[C@@H](Cc1ccccc1)c1nc(-c2ccc3c(C)[nH]nc3c2)c(Cl)[nH]1. The van der Waals surface area contributed by atoms with Gasteiger partial charge in [-0.15, -0.1) is 0 Å². The number of rotatable bonds is 7. The highest BCUT2D eigenvalue weighted by Gasteiger charge is 2.22. The highest BCUT2D eigenvalue weighted by atomic mass is 35.5. The highest BCUT2D eigenvalue weighted by Crippen LogP contribution is 2.31. The summed E-state index contributed by atoms with van der Waals surface area (Å²) in [7, 11) is 0. The standard InChI is InChI=1S/C28H26Cl2N6O/c1-16-8-10-21(29)13-20(16)15-31-28(37)32-24(12-18-6-4-3-5-7-18)27-33-25(26(30)34-27)19-9-11-22-17(2)35-36-23(22)14-19/h3-11,13-14,24H,12,15H2,1-2H3,(H,33,34)(H,35,36)(H2,31,32,37)/t24-/m0/s1. The fourth-order valence-electron chi connectivity index (χ4n) is 4.30. The number of carbonyl (C=O) groups is 1. The highest BCUT2D eigenvalue weighted by molar-refractivity contribution is 6.32. The molecular formula is C28H26Cl2N6O. The molecule has 0 saturated heterocycles. The lowest BCUT2D eigenvalue weighted by atomic mass is 10.1. The van der Waals surface area contributed by atoms with Gasteiger partial charge in [-0.2, -0.15) is 5.10 Å². The Hall–Kier alpha value is -3.81. The van der Waals surface area contributed by atoms with Crippen LogP contribution in [0.15, 0.2) is 66.7 Å². The quantitative estimate of drug-likeness (QED) is 0.188. The molecule has 0 aliphatic carbocycles. The van der Waals surface area contributed by atoms with Crippen molar-refractivity contribution in [3.63, 3.8) is 0 Å². The molecule has 0 saturated carbocycles. The summed E-state index contributed by atoms with van der Waals surface area (Å²) in [5, 5.41) is 15.4. The molecule has 0 aliphatic heterocycles. The molecule has 0 bridgehead atoms. The zero-order valence-electron chi connectivity index (χ0n) is 20.4. The van der Waals surface area contributed by atoms with Crippen molar-refractivity contribution in [3.05, 3.63) is 105 Å². The first-order chi connectivity index (χ1) is 17.9. The first-order valence-electron chi connectivity index (χ1n) is 11.9. The molecule has 188 valence electrons. The van der Waals surface area contributed by atoms with E-state index in [2.05, 4.69) is 25.8 Å². The molecule has 0 fully saturated rings. The summed E-state index contributed by atoms with van der Waals surface area (Å²) in [6, 6.07) is 20.7. The van der Waals surface area contributed by atoms with Crippen molar-refractivity contribution in [2.75, 3.05) is 0 Å². The Morgan fingerprint density at radius 1 is 1.03 bits per heavy atom. The molecular weight excluding hydrogens is 507 g/mol. The van der Waals surface area contributed by atoms with Crippen molar-refractivity contribution in [1.82, 2.24) is 30.8 Å². The van der Waals surface area contributed by atoms with Crippen LogP contribution in [-0.4, -0.2) is 26.2 Å². The molecule has 0 spiro atoms. The van der Waals surface area contributed by atoms with Gasteiger partial charge in [-0.1, -0.05) is 71.7 Å². The van der Waals surface area contributed by atoms with Gasteiger partial charge in [0.25, 0.3) is 0 Å². The van der Waals surface area contributed by atoms with Gasteiger partial charge < -0.3 is 15.6 Å². The Morgan fingerprint density at radius 2 is 1.84 bits per heavy atom. The number of aromatic amines is 2. The smallest absolute Gasteiger partial charge is 0.315 e. The second-order valence-electron chi connectivity index (χ2n) is 9.01. The van der Waals surface area contributed by atoms with Crippen LogP contribution in [0.5, 0.6) is 0 Å². The van der Waals surface area contributed by atoms with Gasteiger partial charge in [0.2, 0.25) is 0 Å². The van der Waals surface area contributed by atoms with Crippen LogP contribution < -0.4 is 10.6 Å². The van der Waals surface area contributed by atoms with Gasteiger partial charge in [-0.3, -0.25) is 5.10 Å². The Bertz CT molecular complexity index is 1560. The average molecular weight is 533 g/mol. The van der Waals surface area contributed by atoms with E-state index in [-0.39, 0.29) is 6.03 Å². The lowest BCUT2D eigenvalue weighted by Crippen LogP contribution is -2.39. The summed E-state index contributed by atoms with van der Waals surface area (Å²) in [5.74, 6) is 0.566. The van der Waals surface area contributed by atoms with E-state index in [9.17, 15) is 4.79 Å². The van der Waals surface area contributed by atoms with E-state index in [0.29, 0.717) is 34.7 Å². The minimum absolute atomic E-state index is 0.317. The first kappa shape index (κ1) is 24.9. The number of amides is 2. The molecule has 0 radical (unpaired) electrons. The van der Waals surface area contributed by atoms with Crippen molar-refractivity contribution < 1.29 is 4.79 Å². The number of urea groups is 1. The number of benzene rings is 3. The normalized spacial score (nSPS) is 12.0. The minimum Gasteiger partial charge on any atom is -0.334 e. The van der Waals surface area contributed by atoms with Gasteiger partial charge in [-0.25, -0.2) is 9.78 Å². The topological polar surface area (TPSA) is 98.5 Å². The average Bonchev–Trinajstić information content (AvgIpc) is 3.47. The summed E-state index contributed by atoms with van der Waals surface area (Å²) in [4.78, 5) is 20.9. The lowest BCUT2D eigenvalue weighted by molar-refractivity contribution is 0.236. The molecule has 2 amide bonds. The molecule has 4 N–H and O–H groups in total. The molecule has 9 heteroatoms. The molecule has 2 aromatic heterocycles. The number of nitrogens with zero attached hydrogens (tertiary/aromatic N) is 2.